The first-order valence-electron chi connectivity index (χ1n) is 6.11. The molecule has 0 aliphatic rings. The van der Waals surface area contributed by atoms with Crippen LogP contribution < -0.4 is 0 Å². The van der Waals surface area contributed by atoms with Gasteiger partial charge in [0, 0.05) is 6.54 Å². The van der Waals surface area contributed by atoms with Gasteiger partial charge in [-0.25, -0.2) is 9.37 Å². The molecule has 1 aromatic carbocycles. The fourth-order valence-electron chi connectivity index (χ4n) is 1.94. The molecule has 0 amide bonds. The SMILES string of the molecule is CC(C)(C)CCn1c(CCl)nc2ccc(F)cc21. The average molecular weight is 269 g/mol. The van der Waals surface area contributed by atoms with E-state index >= 15 is 0 Å². The van der Waals surface area contributed by atoms with Crippen LogP contribution >= 0.6 is 11.6 Å². The number of rotatable bonds is 3. The number of benzene rings is 1. The third kappa shape index (κ3) is 2.83. The second-order valence-corrected chi connectivity index (χ2v) is 6.02. The summed E-state index contributed by atoms with van der Waals surface area (Å²) in [5, 5.41) is 0. The van der Waals surface area contributed by atoms with Crippen molar-refractivity contribution in [2.24, 2.45) is 5.41 Å². The van der Waals surface area contributed by atoms with Gasteiger partial charge in [0.2, 0.25) is 0 Å². The first-order valence-corrected chi connectivity index (χ1v) is 6.65. The van der Waals surface area contributed by atoms with Gasteiger partial charge in [-0.05, 0) is 30.0 Å². The van der Waals surface area contributed by atoms with Crippen molar-refractivity contribution in [2.45, 2.75) is 39.6 Å². The standard InChI is InChI=1S/C14H18ClFN2/c1-14(2,3)6-7-18-12-8-10(16)4-5-11(12)17-13(18)9-15/h4-5,8H,6-7,9H2,1-3H3. The summed E-state index contributed by atoms with van der Waals surface area (Å²) >= 11 is 5.92. The van der Waals surface area contributed by atoms with Gasteiger partial charge in [-0.2, -0.15) is 0 Å². The van der Waals surface area contributed by atoms with Crippen LogP contribution in [0.15, 0.2) is 18.2 Å². The van der Waals surface area contributed by atoms with Crippen LogP contribution in [0.5, 0.6) is 0 Å². The first-order chi connectivity index (χ1) is 8.40. The molecule has 1 heterocycles. The summed E-state index contributed by atoms with van der Waals surface area (Å²) in [6.07, 6.45) is 0.999. The number of alkyl halides is 1. The molecular weight excluding hydrogens is 251 g/mol. The zero-order valence-electron chi connectivity index (χ0n) is 11.0. The van der Waals surface area contributed by atoms with Gasteiger partial charge in [-0.1, -0.05) is 20.8 Å². The minimum absolute atomic E-state index is 0.230. The number of hydrogen-bond acceptors (Lipinski definition) is 1. The Morgan fingerprint density at radius 1 is 1.33 bits per heavy atom. The van der Waals surface area contributed by atoms with E-state index in [1.165, 1.54) is 12.1 Å². The van der Waals surface area contributed by atoms with E-state index in [1.54, 1.807) is 6.07 Å². The molecule has 0 bridgehead atoms. The minimum atomic E-state index is -0.236. The van der Waals surface area contributed by atoms with E-state index in [9.17, 15) is 4.39 Å². The van der Waals surface area contributed by atoms with Crippen molar-refractivity contribution in [3.63, 3.8) is 0 Å². The molecule has 18 heavy (non-hydrogen) atoms. The van der Waals surface area contributed by atoms with Gasteiger partial charge in [0.1, 0.15) is 11.6 Å². The molecule has 2 nitrogen and oxygen atoms in total. The molecule has 0 fully saturated rings. The highest BCUT2D eigenvalue weighted by Gasteiger charge is 2.15. The molecule has 0 saturated carbocycles. The lowest BCUT2D eigenvalue weighted by atomic mass is 9.92. The Morgan fingerprint density at radius 3 is 2.67 bits per heavy atom. The number of imidazole rings is 1. The molecule has 0 aliphatic heterocycles. The molecule has 0 spiro atoms. The van der Waals surface area contributed by atoms with Crippen LogP contribution in [-0.2, 0) is 12.4 Å². The molecular formula is C14H18ClFN2. The predicted molar refractivity (Wildman–Crippen MR) is 73.3 cm³/mol. The molecule has 0 aliphatic carbocycles. The lowest BCUT2D eigenvalue weighted by molar-refractivity contribution is 0.351. The molecule has 4 heteroatoms. The lowest BCUT2D eigenvalue weighted by Crippen LogP contribution is -2.12. The van der Waals surface area contributed by atoms with Crippen molar-refractivity contribution in [2.75, 3.05) is 0 Å². The summed E-state index contributed by atoms with van der Waals surface area (Å²) in [5.74, 6) is 0.919. The lowest BCUT2D eigenvalue weighted by Gasteiger charge is -2.19. The maximum atomic E-state index is 13.3. The van der Waals surface area contributed by atoms with Gasteiger partial charge < -0.3 is 4.57 Å². The molecule has 0 unspecified atom stereocenters. The van der Waals surface area contributed by atoms with E-state index in [4.69, 9.17) is 11.6 Å². The minimum Gasteiger partial charge on any atom is -0.327 e. The summed E-state index contributed by atoms with van der Waals surface area (Å²) in [5.41, 5.74) is 1.86. The van der Waals surface area contributed by atoms with Gasteiger partial charge in [0.15, 0.2) is 0 Å². The average Bonchev–Trinajstić information content (AvgIpc) is 2.62. The van der Waals surface area contributed by atoms with E-state index < -0.39 is 0 Å². The van der Waals surface area contributed by atoms with Crippen molar-refractivity contribution in [3.05, 3.63) is 29.8 Å². The molecule has 0 N–H and O–H groups in total. The maximum Gasteiger partial charge on any atom is 0.125 e. The van der Waals surface area contributed by atoms with Crippen LogP contribution in [0.1, 0.15) is 33.0 Å². The van der Waals surface area contributed by atoms with Crippen molar-refractivity contribution >= 4 is 22.6 Å². The fraction of sp³-hybridized carbons (Fsp3) is 0.500. The van der Waals surface area contributed by atoms with Crippen molar-refractivity contribution < 1.29 is 4.39 Å². The van der Waals surface area contributed by atoms with Crippen molar-refractivity contribution in [1.82, 2.24) is 9.55 Å². The maximum absolute atomic E-state index is 13.3. The molecule has 2 aromatic rings. The number of aryl methyl sites for hydroxylation is 1. The highest BCUT2D eigenvalue weighted by Crippen LogP contribution is 2.24. The van der Waals surface area contributed by atoms with Gasteiger partial charge in [0.25, 0.3) is 0 Å². The predicted octanol–water partition coefficient (Wildman–Crippen LogP) is 4.35. The van der Waals surface area contributed by atoms with E-state index in [-0.39, 0.29) is 11.2 Å². The summed E-state index contributed by atoms with van der Waals surface area (Å²) in [6, 6.07) is 4.66. The second kappa shape index (κ2) is 4.88. The third-order valence-electron chi connectivity index (χ3n) is 2.99. The Bertz CT molecular complexity index is 555. The summed E-state index contributed by atoms with van der Waals surface area (Å²) < 4.78 is 15.4. The van der Waals surface area contributed by atoms with Crippen molar-refractivity contribution in [1.29, 1.82) is 0 Å². The van der Waals surface area contributed by atoms with Gasteiger partial charge >= 0.3 is 0 Å². The normalized spacial score (nSPS) is 12.3. The Labute approximate surface area is 112 Å². The number of aromatic nitrogens is 2. The van der Waals surface area contributed by atoms with Crippen LogP contribution in [-0.4, -0.2) is 9.55 Å². The quantitative estimate of drug-likeness (QED) is 0.757. The first kappa shape index (κ1) is 13.3. The van der Waals surface area contributed by atoms with E-state index in [0.29, 0.717) is 5.88 Å². The van der Waals surface area contributed by atoms with E-state index in [0.717, 1.165) is 29.8 Å². The van der Waals surface area contributed by atoms with Gasteiger partial charge in [-0.15, -0.1) is 11.6 Å². The van der Waals surface area contributed by atoms with Gasteiger partial charge in [-0.3, -0.25) is 0 Å². The zero-order valence-corrected chi connectivity index (χ0v) is 11.8. The summed E-state index contributed by atoms with van der Waals surface area (Å²) in [6.45, 7) is 7.37. The molecule has 0 saturated heterocycles. The smallest absolute Gasteiger partial charge is 0.125 e. The summed E-state index contributed by atoms with van der Waals surface area (Å²) in [4.78, 5) is 4.44. The number of hydrogen-bond donors (Lipinski definition) is 0. The van der Waals surface area contributed by atoms with Crippen LogP contribution in [0.25, 0.3) is 11.0 Å². The Balaban J connectivity index is 2.42. The Kier molecular flexibility index (Phi) is 3.62. The van der Waals surface area contributed by atoms with Gasteiger partial charge in [0.05, 0.1) is 16.9 Å². The number of halogens is 2. The molecule has 98 valence electrons. The van der Waals surface area contributed by atoms with Crippen LogP contribution in [0.4, 0.5) is 4.39 Å². The largest absolute Gasteiger partial charge is 0.327 e. The Morgan fingerprint density at radius 2 is 2.06 bits per heavy atom. The second-order valence-electron chi connectivity index (χ2n) is 5.76. The van der Waals surface area contributed by atoms with Crippen LogP contribution in [0.2, 0.25) is 0 Å². The topological polar surface area (TPSA) is 17.8 Å². The molecule has 2 rings (SSSR count). The van der Waals surface area contributed by atoms with E-state index in [2.05, 4.69) is 25.8 Å². The number of fused-ring (bicyclic) bond motifs is 1. The molecule has 0 radical (unpaired) electrons. The highest BCUT2D eigenvalue weighted by atomic mass is 35.5. The molecule has 1 aromatic heterocycles. The zero-order chi connectivity index (χ0) is 13.3. The van der Waals surface area contributed by atoms with Crippen LogP contribution in [0, 0.1) is 11.2 Å². The fourth-order valence-corrected chi connectivity index (χ4v) is 2.15. The van der Waals surface area contributed by atoms with Crippen molar-refractivity contribution in [3.8, 4) is 0 Å². The highest BCUT2D eigenvalue weighted by molar-refractivity contribution is 6.16. The molecule has 0 atom stereocenters. The third-order valence-corrected chi connectivity index (χ3v) is 3.23. The van der Waals surface area contributed by atoms with E-state index in [1.807, 2.05) is 4.57 Å². The monoisotopic (exact) mass is 268 g/mol. The Hall–Kier alpha value is -1.09. The van der Waals surface area contributed by atoms with Crippen LogP contribution in [0.3, 0.4) is 0 Å². The number of nitrogens with zero attached hydrogens (tertiary/aromatic N) is 2. The summed E-state index contributed by atoms with van der Waals surface area (Å²) in [7, 11) is 0.